The highest BCUT2D eigenvalue weighted by molar-refractivity contribution is 14.1. The zero-order valence-corrected chi connectivity index (χ0v) is 19.8. The normalized spacial score (nSPS) is 15.4. The average molecular weight is 574 g/mol. The second kappa shape index (κ2) is 9.32. The minimum Gasteiger partial charge on any atom is -0.493 e. The van der Waals surface area contributed by atoms with Crippen LogP contribution >= 0.6 is 50.3 Å². The highest BCUT2D eigenvalue weighted by Gasteiger charge is 2.35. The van der Waals surface area contributed by atoms with Gasteiger partial charge in [0.25, 0.3) is 11.1 Å². The van der Waals surface area contributed by atoms with Gasteiger partial charge in [0.15, 0.2) is 11.5 Å². The van der Waals surface area contributed by atoms with Crippen molar-refractivity contribution in [3.05, 3.63) is 60.5 Å². The van der Waals surface area contributed by atoms with Crippen LogP contribution in [0.1, 0.15) is 18.1 Å². The molecule has 0 atom stereocenters. The highest BCUT2D eigenvalue weighted by atomic mass is 127. The van der Waals surface area contributed by atoms with Crippen molar-refractivity contribution >= 4 is 67.5 Å². The predicted octanol–water partition coefficient (Wildman–Crippen LogP) is 5.70. The second-order valence-electron chi connectivity index (χ2n) is 5.83. The average Bonchev–Trinajstić information content (AvgIpc) is 2.92. The largest absolute Gasteiger partial charge is 0.493 e. The van der Waals surface area contributed by atoms with Crippen molar-refractivity contribution in [3.8, 4) is 11.5 Å². The first-order valence-electron chi connectivity index (χ1n) is 8.43. The van der Waals surface area contributed by atoms with Gasteiger partial charge in [-0.2, -0.15) is 0 Å². The van der Waals surface area contributed by atoms with Crippen LogP contribution in [0.2, 0.25) is 0 Å². The molecule has 3 rings (SSSR count). The van der Waals surface area contributed by atoms with Crippen molar-refractivity contribution in [1.82, 2.24) is 4.90 Å². The fourth-order valence-corrected chi connectivity index (χ4v) is 4.72. The molecule has 0 aliphatic carbocycles. The fourth-order valence-electron chi connectivity index (χ4n) is 2.69. The molecular formula is C20H17BrINO4S. The van der Waals surface area contributed by atoms with Crippen molar-refractivity contribution in [2.45, 2.75) is 13.5 Å². The number of hydrogen-bond donors (Lipinski definition) is 0. The van der Waals surface area contributed by atoms with Gasteiger partial charge in [-0.05, 0) is 76.7 Å². The Labute approximate surface area is 189 Å². The Kier molecular flexibility index (Phi) is 7.05. The molecule has 1 aliphatic heterocycles. The fraction of sp³-hybridized carbons (Fsp3) is 0.200. The molecule has 28 heavy (non-hydrogen) atoms. The van der Waals surface area contributed by atoms with Crippen molar-refractivity contribution in [2.75, 3.05) is 13.7 Å². The molecule has 146 valence electrons. The Morgan fingerprint density at radius 3 is 2.68 bits per heavy atom. The smallest absolute Gasteiger partial charge is 0.293 e. The van der Waals surface area contributed by atoms with Crippen LogP contribution in [-0.2, 0) is 11.3 Å². The van der Waals surface area contributed by atoms with Crippen LogP contribution in [0.15, 0.2) is 45.8 Å². The summed E-state index contributed by atoms with van der Waals surface area (Å²) in [5, 5.41) is -0.278. The number of carbonyl (C=O) groups is 2. The molecule has 2 aromatic rings. The number of halogens is 2. The maximum atomic E-state index is 12.8. The lowest BCUT2D eigenvalue weighted by atomic mass is 10.1. The summed E-state index contributed by atoms with van der Waals surface area (Å²) in [4.78, 5) is 26.8. The molecule has 1 fully saturated rings. The number of ether oxygens (including phenoxy) is 2. The number of benzene rings is 2. The van der Waals surface area contributed by atoms with E-state index in [0.717, 1.165) is 30.9 Å². The summed E-state index contributed by atoms with van der Waals surface area (Å²) in [6, 6.07) is 11.2. The molecule has 0 saturated carbocycles. The van der Waals surface area contributed by atoms with E-state index in [1.54, 1.807) is 19.3 Å². The molecule has 0 N–H and O–H groups in total. The Morgan fingerprint density at radius 1 is 1.25 bits per heavy atom. The standard InChI is InChI=1S/C20H17BrINO4S/c1-3-27-18-15(22)8-12(9-16(18)26-2)10-17-19(24)23(20(25)28-17)11-13-6-4-5-7-14(13)21/h4-10H,3,11H2,1-2H3/b17-10+. The van der Waals surface area contributed by atoms with E-state index in [-0.39, 0.29) is 17.7 Å². The number of imide groups is 1. The summed E-state index contributed by atoms with van der Waals surface area (Å²) < 4.78 is 12.8. The third kappa shape index (κ3) is 4.55. The topological polar surface area (TPSA) is 55.8 Å². The number of carbonyl (C=O) groups excluding carboxylic acids is 2. The van der Waals surface area contributed by atoms with Crippen molar-refractivity contribution in [1.29, 1.82) is 0 Å². The quantitative estimate of drug-likeness (QED) is 0.328. The zero-order valence-electron chi connectivity index (χ0n) is 15.2. The number of methoxy groups -OCH3 is 1. The third-order valence-electron chi connectivity index (χ3n) is 4.00. The predicted molar refractivity (Wildman–Crippen MR) is 123 cm³/mol. The second-order valence-corrected chi connectivity index (χ2v) is 8.84. The van der Waals surface area contributed by atoms with Gasteiger partial charge in [0.05, 0.1) is 28.7 Å². The lowest BCUT2D eigenvalue weighted by Gasteiger charge is -2.13. The Bertz CT molecular complexity index is 963. The SMILES string of the molecule is CCOc1c(I)cc(/C=C2/SC(=O)N(Cc3ccccc3Br)C2=O)cc1OC. The van der Waals surface area contributed by atoms with Gasteiger partial charge in [-0.3, -0.25) is 14.5 Å². The van der Waals surface area contributed by atoms with E-state index in [4.69, 9.17) is 9.47 Å². The first kappa shape index (κ1) is 21.2. The van der Waals surface area contributed by atoms with E-state index < -0.39 is 0 Å². The molecule has 0 spiro atoms. The van der Waals surface area contributed by atoms with E-state index in [1.165, 1.54) is 4.90 Å². The number of nitrogens with zero attached hydrogens (tertiary/aromatic N) is 1. The van der Waals surface area contributed by atoms with Crippen molar-refractivity contribution in [2.24, 2.45) is 0 Å². The molecule has 1 heterocycles. The lowest BCUT2D eigenvalue weighted by Crippen LogP contribution is -2.27. The van der Waals surface area contributed by atoms with Crippen LogP contribution in [0, 0.1) is 3.57 Å². The van der Waals surface area contributed by atoms with E-state index in [2.05, 4.69) is 38.5 Å². The first-order chi connectivity index (χ1) is 13.4. The van der Waals surface area contributed by atoms with Crippen LogP contribution in [0.5, 0.6) is 11.5 Å². The van der Waals surface area contributed by atoms with Gasteiger partial charge in [0.2, 0.25) is 0 Å². The van der Waals surface area contributed by atoms with Gasteiger partial charge in [-0.15, -0.1) is 0 Å². The van der Waals surface area contributed by atoms with Gasteiger partial charge in [0.1, 0.15) is 0 Å². The maximum absolute atomic E-state index is 12.8. The van der Waals surface area contributed by atoms with Crippen LogP contribution in [0.25, 0.3) is 6.08 Å². The van der Waals surface area contributed by atoms with Crippen LogP contribution in [0.3, 0.4) is 0 Å². The molecule has 5 nitrogen and oxygen atoms in total. The van der Waals surface area contributed by atoms with Gasteiger partial charge in [0, 0.05) is 4.47 Å². The van der Waals surface area contributed by atoms with Crippen LogP contribution < -0.4 is 9.47 Å². The lowest BCUT2D eigenvalue weighted by molar-refractivity contribution is -0.123. The minimum atomic E-state index is -0.298. The summed E-state index contributed by atoms with van der Waals surface area (Å²) in [6.07, 6.45) is 1.71. The number of hydrogen-bond acceptors (Lipinski definition) is 5. The zero-order chi connectivity index (χ0) is 20.3. The summed E-state index contributed by atoms with van der Waals surface area (Å²) in [7, 11) is 1.57. The summed E-state index contributed by atoms with van der Waals surface area (Å²) >= 11 is 6.57. The van der Waals surface area contributed by atoms with E-state index >= 15 is 0 Å². The summed E-state index contributed by atoms with van der Waals surface area (Å²) in [5.41, 5.74) is 1.65. The molecule has 0 bridgehead atoms. The molecule has 1 saturated heterocycles. The minimum absolute atomic E-state index is 0.230. The highest BCUT2D eigenvalue weighted by Crippen LogP contribution is 2.38. The Hall–Kier alpha value is -1.52. The van der Waals surface area contributed by atoms with Crippen LogP contribution in [-0.4, -0.2) is 29.8 Å². The molecule has 2 amide bonds. The molecule has 1 aliphatic rings. The summed E-state index contributed by atoms with van der Waals surface area (Å²) in [6.45, 7) is 2.66. The third-order valence-corrected chi connectivity index (χ3v) is 6.48. The maximum Gasteiger partial charge on any atom is 0.293 e. The number of rotatable bonds is 6. The molecular weight excluding hydrogens is 557 g/mol. The number of amides is 2. The van der Waals surface area contributed by atoms with Gasteiger partial charge in [-0.25, -0.2) is 0 Å². The molecule has 8 heteroatoms. The molecule has 0 aromatic heterocycles. The van der Waals surface area contributed by atoms with Gasteiger partial charge in [-0.1, -0.05) is 34.1 Å². The molecule has 0 unspecified atom stereocenters. The van der Waals surface area contributed by atoms with Crippen LogP contribution in [0.4, 0.5) is 4.79 Å². The monoisotopic (exact) mass is 573 g/mol. The van der Waals surface area contributed by atoms with Gasteiger partial charge >= 0.3 is 0 Å². The summed E-state index contributed by atoms with van der Waals surface area (Å²) in [5.74, 6) is 0.964. The van der Waals surface area contributed by atoms with E-state index in [1.807, 2.05) is 37.3 Å². The van der Waals surface area contributed by atoms with E-state index in [9.17, 15) is 9.59 Å². The molecule has 0 radical (unpaired) electrons. The van der Waals surface area contributed by atoms with Gasteiger partial charge < -0.3 is 9.47 Å². The Morgan fingerprint density at radius 2 is 2.00 bits per heavy atom. The van der Waals surface area contributed by atoms with Crippen molar-refractivity contribution in [3.63, 3.8) is 0 Å². The van der Waals surface area contributed by atoms with Crippen molar-refractivity contribution < 1.29 is 19.1 Å². The van der Waals surface area contributed by atoms with E-state index in [0.29, 0.717) is 23.0 Å². The Balaban J connectivity index is 1.87. The molecule has 2 aromatic carbocycles. The first-order valence-corrected chi connectivity index (χ1v) is 11.1. The number of thioether (sulfide) groups is 1.